The number of hydrogen-bond donors (Lipinski definition) is 0. The Hall–Kier alpha value is -2.42. The van der Waals surface area contributed by atoms with Crippen molar-refractivity contribution < 1.29 is 26.3 Å². The van der Waals surface area contributed by atoms with Gasteiger partial charge in [-0.15, -0.1) is 0 Å². The van der Waals surface area contributed by atoms with E-state index in [0.29, 0.717) is 5.92 Å². The Morgan fingerprint density at radius 1 is 0.844 bits per heavy atom. The minimum absolute atomic E-state index is 0.0121. The van der Waals surface area contributed by atoms with Gasteiger partial charge in [-0.1, -0.05) is 63.5 Å². The Morgan fingerprint density at radius 3 is 1.97 bits per heavy atom. The molecule has 2 aromatic rings. The summed E-state index contributed by atoms with van der Waals surface area (Å²) in [6, 6.07) is 6.16. The van der Waals surface area contributed by atoms with Crippen LogP contribution in [0.5, 0.6) is 0 Å². The molecule has 0 unspecified atom stereocenters. The van der Waals surface area contributed by atoms with E-state index in [4.69, 9.17) is 0 Å². The van der Waals surface area contributed by atoms with Gasteiger partial charge in [0.1, 0.15) is 17.5 Å². The zero-order valence-corrected chi connectivity index (χ0v) is 18.0. The van der Waals surface area contributed by atoms with Gasteiger partial charge in [0.25, 0.3) is 0 Å². The topological polar surface area (TPSA) is 0 Å². The standard InChI is InChI=1S/C26H26F6/c1-2-3-17-4-6-18(7-5-17)8-9-19-10-11-21(23(27)14-19)20-15-24(28)22(25(29)16-20)12-13-26(30,31)32/h10-11,14-18H,2-9H2,1H3. The Labute approximate surface area is 185 Å². The maximum absolute atomic E-state index is 14.7. The lowest BCUT2D eigenvalue weighted by Gasteiger charge is -2.28. The van der Waals surface area contributed by atoms with Crippen molar-refractivity contribution in [2.45, 2.75) is 64.5 Å². The van der Waals surface area contributed by atoms with E-state index in [1.54, 1.807) is 6.07 Å². The third kappa shape index (κ3) is 6.54. The molecule has 1 fully saturated rings. The molecule has 0 amide bonds. The summed E-state index contributed by atoms with van der Waals surface area (Å²) in [5.74, 6) is 0.624. The number of aryl methyl sites for hydroxylation is 1. The summed E-state index contributed by atoms with van der Waals surface area (Å²) in [4.78, 5) is 0. The molecule has 32 heavy (non-hydrogen) atoms. The van der Waals surface area contributed by atoms with Gasteiger partial charge < -0.3 is 0 Å². The smallest absolute Gasteiger partial charge is 0.206 e. The first-order valence-corrected chi connectivity index (χ1v) is 11.0. The maximum atomic E-state index is 14.7. The molecule has 3 rings (SSSR count). The number of benzene rings is 2. The molecule has 1 aliphatic rings. The normalized spacial score (nSPS) is 18.8. The number of hydrogen-bond acceptors (Lipinski definition) is 0. The molecule has 1 saturated carbocycles. The first kappa shape index (κ1) is 24.2. The molecule has 0 bridgehead atoms. The van der Waals surface area contributed by atoms with Crippen LogP contribution in [-0.4, -0.2) is 6.18 Å². The summed E-state index contributed by atoms with van der Waals surface area (Å²) < 4.78 is 79.6. The highest BCUT2D eigenvalue weighted by molar-refractivity contribution is 5.66. The number of alkyl halides is 3. The molecule has 2 aromatic carbocycles. The quantitative estimate of drug-likeness (QED) is 0.306. The summed E-state index contributed by atoms with van der Waals surface area (Å²) in [6.07, 6.45) is 4.27. The number of rotatable bonds is 6. The largest absolute Gasteiger partial charge is 0.458 e. The SMILES string of the molecule is CCCC1CCC(CCc2ccc(-c3cc(F)c(C#CC(F)(F)F)c(F)c3)c(F)c2)CC1. The van der Waals surface area contributed by atoms with E-state index in [2.05, 4.69) is 6.92 Å². The summed E-state index contributed by atoms with van der Waals surface area (Å²) in [7, 11) is 0. The van der Waals surface area contributed by atoms with Crippen molar-refractivity contribution in [3.05, 3.63) is 58.9 Å². The van der Waals surface area contributed by atoms with Gasteiger partial charge in [-0.05, 0) is 54.0 Å². The van der Waals surface area contributed by atoms with Crippen LogP contribution in [0.3, 0.4) is 0 Å². The fourth-order valence-corrected chi connectivity index (χ4v) is 4.52. The van der Waals surface area contributed by atoms with Crippen LogP contribution in [0.4, 0.5) is 26.3 Å². The highest BCUT2D eigenvalue weighted by atomic mass is 19.4. The average molecular weight is 452 g/mol. The van der Waals surface area contributed by atoms with Crippen LogP contribution in [0.25, 0.3) is 11.1 Å². The molecule has 0 N–H and O–H groups in total. The third-order valence-corrected chi connectivity index (χ3v) is 6.22. The zero-order chi connectivity index (χ0) is 23.3. The van der Waals surface area contributed by atoms with Crippen molar-refractivity contribution >= 4 is 0 Å². The van der Waals surface area contributed by atoms with Crippen LogP contribution in [0.2, 0.25) is 0 Å². The Kier molecular flexibility index (Phi) is 7.92. The van der Waals surface area contributed by atoms with E-state index in [9.17, 15) is 26.3 Å². The first-order chi connectivity index (χ1) is 15.2. The van der Waals surface area contributed by atoms with E-state index in [-0.39, 0.29) is 11.1 Å². The van der Waals surface area contributed by atoms with Crippen LogP contribution in [-0.2, 0) is 6.42 Å². The molecule has 0 aromatic heterocycles. The monoisotopic (exact) mass is 452 g/mol. The van der Waals surface area contributed by atoms with Crippen molar-refractivity contribution in [3.63, 3.8) is 0 Å². The lowest BCUT2D eigenvalue weighted by Crippen LogP contribution is -2.15. The molecule has 0 spiro atoms. The highest BCUT2D eigenvalue weighted by Crippen LogP contribution is 2.34. The Bertz CT molecular complexity index is 965. The van der Waals surface area contributed by atoms with E-state index in [0.717, 1.165) is 42.4 Å². The predicted molar refractivity (Wildman–Crippen MR) is 113 cm³/mol. The molecule has 0 heterocycles. The summed E-state index contributed by atoms with van der Waals surface area (Å²) in [5.41, 5.74) is -0.273. The van der Waals surface area contributed by atoms with Gasteiger partial charge in [-0.25, -0.2) is 13.2 Å². The van der Waals surface area contributed by atoms with Crippen LogP contribution < -0.4 is 0 Å². The molecule has 0 saturated heterocycles. The van der Waals surface area contributed by atoms with Crippen molar-refractivity contribution in [1.29, 1.82) is 0 Å². The average Bonchev–Trinajstić information content (AvgIpc) is 2.72. The fourth-order valence-electron chi connectivity index (χ4n) is 4.52. The van der Waals surface area contributed by atoms with E-state index >= 15 is 0 Å². The fraction of sp³-hybridized carbons (Fsp3) is 0.462. The molecular weight excluding hydrogens is 426 g/mol. The van der Waals surface area contributed by atoms with Crippen LogP contribution >= 0.6 is 0 Å². The van der Waals surface area contributed by atoms with Crippen molar-refractivity contribution in [2.75, 3.05) is 0 Å². The van der Waals surface area contributed by atoms with Crippen molar-refractivity contribution in [3.8, 4) is 23.0 Å². The lowest BCUT2D eigenvalue weighted by molar-refractivity contribution is -0.0696. The molecule has 1 aliphatic carbocycles. The predicted octanol–water partition coefficient (Wildman–Crippen LogP) is 8.22. The molecule has 6 heteroatoms. The van der Waals surface area contributed by atoms with Crippen LogP contribution in [0.1, 0.15) is 63.0 Å². The Balaban J connectivity index is 1.68. The summed E-state index contributed by atoms with van der Waals surface area (Å²) >= 11 is 0. The molecule has 0 aliphatic heterocycles. The van der Waals surface area contributed by atoms with Crippen LogP contribution in [0, 0.1) is 41.1 Å². The molecule has 0 nitrogen and oxygen atoms in total. The van der Waals surface area contributed by atoms with E-state index < -0.39 is 29.2 Å². The minimum atomic E-state index is -4.87. The minimum Gasteiger partial charge on any atom is -0.206 e. The number of halogens is 6. The highest BCUT2D eigenvalue weighted by Gasteiger charge is 2.24. The Morgan fingerprint density at radius 2 is 1.44 bits per heavy atom. The van der Waals surface area contributed by atoms with E-state index in [1.807, 2.05) is 0 Å². The van der Waals surface area contributed by atoms with Gasteiger partial charge in [0, 0.05) is 11.5 Å². The first-order valence-electron chi connectivity index (χ1n) is 11.0. The second-order valence-electron chi connectivity index (χ2n) is 8.59. The van der Waals surface area contributed by atoms with Gasteiger partial charge >= 0.3 is 6.18 Å². The van der Waals surface area contributed by atoms with Gasteiger partial charge in [0.2, 0.25) is 0 Å². The zero-order valence-electron chi connectivity index (χ0n) is 18.0. The van der Waals surface area contributed by atoms with Crippen LogP contribution in [0.15, 0.2) is 30.3 Å². The lowest BCUT2D eigenvalue weighted by atomic mass is 9.78. The van der Waals surface area contributed by atoms with Gasteiger partial charge in [0.15, 0.2) is 0 Å². The third-order valence-electron chi connectivity index (χ3n) is 6.22. The van der Waals surface area contributed by atoms with Gasteiger partial charge in [-0.2, -0.15) is 13.2 Å². The molecule has 172 valence electrons. The molecule has 0 radical (unpaired) electrons. The summed E-state index contributed by atoms with van der Waals surface area (Å²) in [5, 5.41) is 0. The maximum Gasteiger partial charge on any atom is 0.458 e. The van der Waals surface area contributed by atoms with Gasteiger partial charge in [0.05, 0.1) is 5.56 Å². The molecular formula is C26H26F6. The van der Waals surface area contributed by atoms with Crippen molar-refractivity contribution in [2.24, 2.45) is 11.8 Å². The van der Waals surface area contributed by atoms with Gasteiger partial charge in [-0.3, -0.25) is 0 Å². The molecule has 0 atom stereocenters. The summed E-state index contributed by atoms with van der Waals surface area (Å²) in [6.45, 7) is 2.21. The van der Waals surface area contributed by atoms with Crippen molar-refractivity contribution in [1.82, 2.24) is 0 Å². The second kappa shape index (κ2) is 10.5. The second-order valence-corrected chi connectivity index (χ2v) is 8.59. The van der Waals surface area contributed by atoms with E-state index in [1.165, 1.54) is 56.6 Å².